The van der Waals surface area contributed by atoms with E-state index in [9.17, 15) is 9.59 Å². The molecule has 4 nitrogen and oxygen atoms in total. The molecule has 1 aliphatic carbocycles. The molecule has 0 N–H and O–H groups in total. The Hall–Kier alpha value is -1.06. The summed E-state index contributed by atoms with van der Waals surface area (Å²) in [5.74, 6) is -0.567. The number of hydrogen-bond donors (Lipinski definition) is 0. The van der Waals surface area contributed by atoms with Crippen LogP contribution in [0.3, 0.4) is 0 Å². The maximum atomic E-state index is 12.4. The summed E-state index contributed by atoms with van der Waals surface area (Å²) in [6.07, 6.45) is 16.6. The molecule has 1 saturated carbocycles. The summed E-state index contributed by atoms with van der Waals surface area (Å²) < 4.78 is 10.7. The van der Waals surface area contributed by atoms with Crippen LogP contribution in [0.2, 0.25) is 0 Å². The maximum Gasteiger partial charge on any atom is 0.348 e. The van der Waals surface area contributed by atoms with Gasteiger partial charge in [-0.25, -0.2) is 4.79 Å². The molecule has 1 spiro atoms. The van der Waals surface area contributed by atoms with E-state index in [1.54, 1.807) is 6.92 Å². The highest BCUT2D eigenvalue weighted by molar-refractivity contribution is 5.84. The van der Waals surface area contributed by atoms with Crippen LogP contribution in [0.5, 0.6) is 0 Å². The molecule has 0 aromatic rings. The van der Waals surface area contributed by atoms with Gasteiger partial charge in [-0.15, -0.1) is 0 Å². The topological polar surface area (TPSA) is 52.6 Å². The van der Waals surface area contributed by atoms with Crippen LogP contribution in [0.1, 0.15) is 103 Å². The Morgan fingerprint density at radius 1 is 0.920 bits per heavy atom. The first-order chi connectivity index (χ1) is 12.2. The average Bonchev–Trinajstić information content (AvgIpc) is 2.91. The highest BCUT2D eigenvalue weighted by Crippen LogP contribution is 2.45. The predicted molar refractivity (Wildman–Crippen MR) is 98.2 cm³/mol. The monoisotopic (exact) mass is 352 g/mol. The molecule has 1 heterocycles. The first kappa shape index (κ1) is 20.3. The normalized spacial score (nSPS) is 26.4. The highest BCUT2D eigenvalue weighted by Gasteiger charge is 2.52. The zero-order valence-corrected chi connectivity index (χ0v) is 16.0. The number of rotatable bonds is 2. The van der Waals surface area contributed by atoms with Gasteiger partial charge in [0.05, 0.1) is 13.0 Å². The lowest BCUT2D eigenvalue weighted by Crippen LogP contribution is -2.39. The molecule has 1 saturated heterocycles. The quantitative estimate of drug-likeness (QED) is 0.631. The molecular formula is C21H36O4. The van der Waals surface area contributed by atoms with E-state index in [4.69, 9.17) is 9.47 Å². The van der Waals surface area contributed by atoms with Crippen LogP contribution in [0.15, 0.2) is 0 Å². The summed E-state index contributed by atoms with van der Waals surface area (Å²) >= 11 is 0. The first-order valence-corrected chi connectivity index (χ1v) is 10.5. The lowest BCUT2D eigenvalue weighted by Gasteiger charge is -2.31. The minimum atomic E-state index is -0.685. The van der Waals surface area contributed by atoms with Crippen molar-refractivity contribution >= 4 is 11.9 Å². The Morgan fingerprint density at radius 2 is 1.36 bits per heavy atom. The molecule has 0 aromatic carbocycles. The van der Waals surface area contributed by atoms with Crippen molar-refractivity contribution in [1.29, 1.82) is 0 Å². The Kier molecular flexibility index (Phi) is 8.77. The lowest BCUT2D eigenvalue weighted by molar-refractivity contribution is -0.165. The van der Waals surface area contributed by atoms with Crippen LogP contribution >= 0.6 is 0 Å². The van der Waals surface area contributed by atoms with Crippen molar-refractivity contribution in [1.82, 2.24) is 0 Å². The van der Waals surface area contributed by atoms with Crippen molar-refractivity contribution in [2.75, 3.05) is 6.61 Å². The van der Waals surface area contributed by atoms with Crippen molar-refractivity contribution < 1.29 is 19.1 Å². The second-order valence-corrected chi connectivity index (χ2v) is 7.90. The molecule has 25 heavy (non-hydrogen) atoms. The van der Waals surface area contributed by atoms with Gasteiger partial charge >= 0.3 is 11.9 Å². The number of ether oxygens (including phenoxy) is 2. The third-order valence-corrected chi connectivity index (χ3v) is 5.90. The fourth-order valence-corrected chi connectivity index (χ4v) is 4.48. The van der Waals surface area contributed by atoms with E-state index in [2.05, 4.69) is 0 Å². The van der Waals surface area contributed by atoms with E-state index in [0.717, 1.165) is 25.7 Å². The molecule has 2 aliphatic rings. The fraction of sp³-hybridized carbons (Fsp3) is 0.905. The summed E-state index contributed by atoms with van der Waals surface area (Å²) in [5.41, 5.74) is -0.330. The van der Waals surface area contributed by atoms with E-state index < -0.39 is 6.10 Å². The second kappa shape index (κ2) is 10.8. The van der Waals surface area contributed by atoms with Crippen molar-refractivity contribution in [3.05, 3.63) is 0 Å². The molecule has 2 rings (SSSR count). The van der Waals surface area contributed by atoms with Gasteiger partial charge in [0, 0.05) is 5.41 Å². The Labute approximate surface area is 153 Å². The van der Waals surface area contributed by atoms with Crippen LogP contribution < -0.4 is 0 Å². The van der Waals surface area contributed by atoms with Crippen LogP contribution in [0.4, 0.5) is 0 Å². The molecule has 144 valence electrons. The number of carbonyl (C=O) groups excluding carboxylic acids is 2. The van der Waals surface area contributed by atoms with Gasteiger partial charge in [0.25, 0.3) is 0 Å². The van der Waals surface area contributed by atoms with Gasteiger partial charge in [-0.3, -0.25) is 4.79 Å². The molecule has 1 aliphatic heterocycles. The van der Waals surface area contributed by atoms with Crippen molar-refractivity contribution in [2.24, 2.45) is 5.41 Å². The second-order valence-electron chi connectivity index (χ2n) is 7.90. The standard InChI is InChI=1S/C21H36O4/c1-2-24-20(23)19-21(17-18(22)25-19)15-13-11-9-7-5-3-4-6-8-10-12-14-16-21/h19H,2-17H2,1H3. The minimum Gasteiger partial charge on any atom is -0.463 e. The van der Waals surface area contributed by atoms with Crippen molar-refractivity contribution in [3.8, 4) is 0 Å². The molecule has 1 unspecified atom stereocenters. The van der Waals surface area contributed by atoms with Gasteiger partial charge in [0.15, 0.2) is 0 Å². The van der Waals surface area contributed by atoms with E-state index in [-0.39, 0.29) is 17.4 Å². The van der Waals surface area contributed by atoms with Crippen LogP contribution in [0, 0.1) is 5.41 Å². The van der Waals surface area contributed by atoms with Gasteiger partial charge in [0.2, 0.25) is 6.10 Å². The maximum absolute atomic E-state index is 12.4. The summed E-state index contributed by atoms with van der Waals surface area (Å²) in [6.45, 7) is 2.14. The minimum absolute atomic E-state index is 0.226. The van der Waals surface area contributed by atoms with E-state index in [0.29, 0.717) is 13.0 Å². The Balaban J connectivity index is 2.02. The molecule has 0 aromatic heterocycles. The van der Waals surface area contributed by atoms with Gasteiger partial charge in [-0.2, -0.15) is 0 Å². The van der Waals surface area contributed by atoms with Gasteiger partial charge < -0.3 is 9.47 Å². The first-order valence-electron chi connectivity index (χ1n) is 10.5. The summed E-state index contributed by atoms with van der Waals surface area (Å²) in [4.78, 5) is 24.4. The molecular weight excluding hydrogens is 316 g/mol. The highest BCUT2D eigenvalue weighted by atomic mass is 16.6. The molecule has 4 heteroatoms. The lowest BCUT2D eigenvalue weighted by atomic mass is 9.72. The summed E-state index contributed by atoms with van der Waals surface area (Å²) in [6, 6.07) is 0. The molecule has 0 amide bonds. The molecule has 0 radical (unpaired) electrons. The smallest absolute Gasteiger partial charge is 0.348 e. The van der Waals surface area contributed by atoms with Crippen LogP contribution in [-0.2, 0) is 19.1 Å². The van der Waals surface area contributed by atoms with Crippen molar-refractivity contribution in [2.45, 2.75) is 109 Å². The Bertz CT molecular complexity index is 402. The van der Waals surface area contributed by atoms with Crippen molar-refractivity contribution in [3.63, 3.8) is 0 Å². The van der Waals surface area contributed by atoms with E-state index in [1.165, 1.54) is 64.2 Å². The summed E-state index contributed by atoms with van der Waals surface area (Å²) in [5, 5.41) is 0. The number of hydrogen-bond acceptors (Lipinski definition) is 4. The van der Waals surface area contributed by atoms with Gasteiger partial charge in [-0.05, 0) is 19.8 Å². The zero-order chi connectivity index (χ0) is 18.0. The summed E-state index contributed by atoms with van der Waals surface area (Å²) in [7, 11) is 0. The molecule has 1 atom stereocenters. The van der Waals surface area contributed by atoms with Gasteiger partial charge in [0.1, 0.15) is 0 Å². The largest absolute Gasteiger partial charge is 0.463 e. The number of carbonyl (C=O) groups is 2. The fourth-order valence-electron chi connectivity index (χ4n) is 4.48. The number of cyclic esters (lactones) is 1. The van der Waals surface area contributed by atoms with Gasteiger partial charge in [-0.1, -0.05) is 77.0 Å². The third kappa shape index (κ3) is 6.31. The van der Waals surface area contributed by atoms with Crippen LogP contribution in [-0.4, -0.2) is 24.6 Å². The predicted octanol–water partition coefficient (Wildman–Crippen LogP) is 5.33. The Morgan fingerprint density at radius 3 is 1.80 bits per heavy atom. The van der Waals surface area contributed by atoms with E-state index in [1.807, 2.05) is 0 Å². The SMILES string of the molecule is CCOC(=O)C1OC(=O)CC12CCCCCCCCCCCCCC2. The zero-order valence-electron chi connectivity index (χ0n) is 16.0. The third-order valence-electron chi connectivity index (χ3n) is 5.90. The molecule has 2 fully saturated rings. The van der Waals surface area contributed by atoms with E-state index >= 15 is 0 Å². The van der Waals surface area contributed by atoms with Crippen LogP contribution in [0.25, 0.3) is 0 Å². The average molecular weight is 353 g/mol. The number of esters is 2. The molecule has 0 bridgehead atoms.